The van der Waals surface area contributed by atoms with E-state index in [-0.39, 0.29) is 4.75 Å². The highest BCUT2D eigenvalue weighted by Crippen LogP contribution is 2.17. The Morgan fingerprint density at radius 3 is 2.44 bits per heavy atom. The van der Waals surface area contributed by atoms with Gasteiger partial charge in [-0.2, -0.15) is 0 Å². The van der Waals surface area contributed by atoms with E-state index in [1.807, 2.05) is 32.9 Å². The summed E-state index contributed by atoms with van der Waals surface area (Å²) in [4.78, 5) is 0. The van der Waals surface area contributed by atoms with E-state index in [4.69, 9.17) is 0 Å². The average Bonchev–Trinajstić information content (AvgIpc) is 2.18. The Morgan fingerprint density at radius 1 is 1.25 bits per heavy atom. The molecule has 0 aliphatic heterocycles. The lowest BCUT2D eigenvalue weighted by molar-refractivity contribution is 0.562. The van der Waals surface area contributed by atoms with Gasteiger partial charge >= 0.3 is 0 Å². The molecule has 0 aliphatic rings. The van der Waals surface area contributed by atoms with Crippen LogP contribution in [-0.2, 0) is 11.4 Å². The molecule has 1 aromatic rings. The molecule has 1 atom stereocenters. The molecule has 0 spiro atoms. The molecule has 1 aromatic carbocycles. The van der Waals surface area contributed by atoms with Gasteiger partial charge in [0.1, 0.15) is 16.1 Å². The van der Waals surface area contributed by atoms with Crippen LogP contribution in [0, 0.1) is 13.8 Å². The highest BCUT2D eigenvalue weighted by molar-refractivity contribution is 7.91. The summed E-state index contributed by atoms with van der Waals surface area (Å²) in [7, 11) is 0. The second-order valence-electron chi connectivity index (χ2n) is 4.89. The second-order valence-corrected chi connectivity index (χ2v) is 6.82. The molecule has 1 unspecified atom stereocenters. The Labute approximate surface area is 101 Å². The van der Waals surface area contributed by atoms with E-state index in [2.05, 4.69) is 24.3 Å². The first-order chi connectivity index (χ1) is 7.32. The molecule has 88 valence electrons. The second kappa shape index (κ2) is 5.02. The lowest BCUT2D eigenvalue weighted by atomic mass is 10.0. The van der Waals surface area contributed by atoms with Crippen LogP contribution in [0.25, 0.3) is 0 Å². The number of nitrogens with zero attached hydrogens (tertiary/aromatic N) is 1. The summed E-state index contributed by atoms with van der Waals surface area (Å²) in [5, 5.41) is 0. The summed E-state index contributed by atoms with van der Waals surface area (Å²) in [6, 6.07) is 6.04. The van der Waals surface area contributed by atoms with E-state index < -0.39 is 11.4 Å². The molecular formula is C13H19NOS. The Balaban J connectivity index is 2.89. The average molecular weight is 237 g/mol. The monoisotopic (exact) mass is 237 g/mol. The maximum absolute atomic E-state index is 11.7. The predicted octanol–water partition coefficient (Wildman–Crippen LogP) is 3.18. The largest absolute Gasteiger partial charge is 0.591 e. The van der Waals surface area contributed by atoms with Gasteiger partial charge in [0, 0.05) is 5.56 Å². The number of hydrogen-bond acceptors (Lipinski definition) is 2. The zero-order valence-corrected chi connectivity index (χ0v) is 11.4. The summed E-state index contributed by atoms with van der Waals surface area (Å²) < 4.78 is 15.6. The number of rotatable bonds is 2. The lowest BCUT2D eigenvalue weighted by Gasteiger charge is -2.17. The molecule has 0 fully saturated rings. The molecule has 3 heteroatoms. The van der Waals surface area contributed by atoms with E-state index >= 15 is 0 Å². The van der Waals surface area contributed by atoms with Crippen molar-refractivity contribution in [3.05, 3.63) is 34.9 Å². The number of hydrogen-bond donors (Lipinski definition) is 0. The zero-order chi connectivity index (χ0) is 12.3. The Bertz CT molecular complexity index is 393. The summed E-state index contributed by atoms with van der Waals surface area (Å²) in [6.45, 7) is 9.88. The van der Waals surface area contributed by atoms with E-state index in [9.17, 15) is 4.55 Å². The highest BCUT2D eigenvalue weighted by Gasteiger charge is 2.25. The first-order valence-corrected chi connectivity index (χ1v) is 6.45. The van der Waals surface area contributed by atoms with Gasteiger partial charge in [-0.15, -0.1) is 0 Å². The van der Waals surface area contributed by atoms with Gasteiger partial charge in [0.15, 0.2) is 0 Å². The standard InChI is InChI=1S/C13H19NOS/c1-10-7-6-8-12(11(10)2)9-14-16(15)13(3,4)5/h6-9H,1-5H3/b14-9+. The molecule has 2 nitrogen and oxygen atoms in total. The smallest absolute Gasteiger partial charge is 0.144 e. The first kappa shape index (κ1) is 13.3. The summed E-state index contributed by atoms with van der Waals surface area (Å²) in [5.74, 6) is 0. The Kier molecular flexibility index (Phi) is 4.16. The minimum atomic E-state index is -1.18. The molecule has 0 amide bonds. The number of benzene rings is 1. The van der Waals surface area contributed by atoms with Crippen LogP contribution >= 0.6 is 0 Å². The van der Waals surface area contributed by atoms with E-state index in [1.165, 1.54) is 11.1 Å². The lowest BCUT2D eigenvalue weighted by Crippen LogP contribution is -2.25. The predicted molar refractivity (Wildman–Crippen MR) is 71.4 cm³/mol. The topological polar surface area (TPSA) is 35.4 Å². The number of aryl methyl sites for hydroxylation is 1. The van der Waals surface area contributed by atoms with Crippen molar-refractivity contribution in [1.82, 2.24) is 0 Å². The fourth-order valence-corrected chi connectivity index (χ4v) is 1.70. The summed E-state index contributed by atoms with van der Waals surface area (Å²) >= 11 is -1.18. The van der Waals surface area contributed by atoms with Gasteiger partial charge in [-0.25, -0.2) is 0 Å². The van der Waals surface area contributed by atoms with Crippen LogP contribution in [0.1, 0.15) is 37.5 Å². The molecule has 0 N–H and O–H groups in total. The van der Waals surface area contributed by atoms with Gasteiger partial charge in [0.2, 0.25) is 0 Å². The molecule has 1 rings (SSSR count). The van der Waals surface area contributed by atoms with Crippen LogP contribution in [-0.4, -0.2) is 15.5 Å². The quantitative estimate of drug-likeness (QED) is 0.574. The van der Waals surface area contributed by atoms with Crippen LogP contribution in [0.2, 0.25) is 0 Å². The van der Waals surface area contributed by atoms with Crippen molar-refractivity contribution in [2.45, 2.75) is 39.4 Å². The fraction of sp³-hybridized carbons (Fsp3) is 0.462. The maximum Gasteiger partial charge on any atom is 0.144 e. The van der Waals surface area contributed by atoms with Crippen molar-refractivity contribution in [2.24, 2.45) is 4.40 Å². The van der Waals surface area contributed by atoms with Gasteiger partial charge < -0.3 is 4.55 Å². The summed E-state index contributed by atoms with van der Waals surface area (Å²) in [6.07, 6.45) is 1.71. The van der Waals surface area contributed by atoms with Gasteiger partial charge in [-0.1, -0.05) is 22.6 Å². The molecule has 0 saturated carbocycles. The third-order valence-corrected chi connectivity index (χ3v) is 3.80. The Hall–Kier alpha value is -0.800. The maximum atomic E-state index is 11.7. The molecular weight excluding hydrogens is 218 g/mol. The zero-order valence-electron chi connectivity index (χ0n) is 10.6. The van der Waals surface area contributed by atoms with Crippen molar-refractivity contribution >= 4 is 17.6 Å². The summed E-state index contributed by atoms with van der Waals surface area (Å²) in [5.41, 5.74) is 3.46. The van der Waals surface area contributed by atoms with Crippen molar-refractivity contribution in [3.8, 4) is 0 Å². The van der Waals surface area contributed by atoms with Gasteiger partial charge in [-0.05, 0) is 45.7 Å². The molecule has 16 heavy (non-hydrogen) atoms. The fourth-order valence-electron chi connectivity index (χ4n) is 1.18. The Morgan fingerprint density at radius 2 is 1.88 bits per heavy atom. The van der Waals surface area contributed by atoms with Crippen molar-refractivity contribution < 1.29 is 4.55 Å². The van der Waals surface area contributed by atoms with Crippen molar-refractivity contribution in [1.29, 1.82) is 0 Å². The van der Waals surface area contributed by atoms with Crippen molar-refractivity contribution in [3.63, 3.8) is 0 Å². The molecule has 0 heterocycles. The van der Waals surface area contributed by atoms with Gasteiger partial charge in [-0.3, -0.25) is 0 Å². The molecule has 0 saturated heterocycles. The van der Waals surface area contributed by atoms with E-state index in [1.54, 1.807) is 6.21 Å². The normalized spacial score (nSPS) is 14.4. The molecule has 0 radical (unpaired) electrons. The van der Waals surface area contributed by atoms with Gasteiger partial charge in [0.05, 0.1) is 6.21 Å². The van der Waals surface area contributed by atoms with Crippen LogP contribution in [0.4, 0.5) is 0 Å². The van der Waals surface area contributed by atoms with E-state index in [0.29, 0.717) is 0 Å². The molecule has 0 aliphatic carbocycles. The minimum Gasteiger partial charge on any atom is -0.591 e. The van der Waals surface area contributed by atoms with Crippen LogP contribution in [0.15, 0.2) is 22.6 Å². The van der Waals surface area contributed by atoms with Crippen LogP contribution in [0.3, 0.4) is 0 Å². The third-order valence-electron chi connectivity index (χ3n) is 2.46. The molecule has 0 aromatic heterocycles. The third kappa shape index (κ3) is 3.35. The van der Waals surface area contributed by atoms with E-state index in [0.717, 1.165) is 5.56 Å². The first-order valence-electron chi connectivity index (χ1n) is 5.34. The molecule has 0 bridgehead atoms. The van der Waals surface area contributed by atoms with Crippen molar-refractivity contribution in [2.75, 3.05) is 0 Å². The van der Waals surface area contributed by atoms with Gasteiger partial charge in [0.25, 0.3) is 0 Å². The van der Waals surface area contributed by atoms with Crippen LogP contribution in [0.5, 0.6) is 0 Å². The van der Waals surface area contributed by atoms with Crippen LogP contribution < -0.4 is 0 Å². The minimum absolute atomic E-state index is 0.297. The SMILES string of the molecule is Cc1cccc(/C=N/[S+]([O-])C(C)(C)C)c1C. The highest BCUT2D eigenvalue weighted by atomic mass is 32.2.